The lowest BCUT2D eigenvalue weighted by atomic mass is 10.2. The minimum absolute atomic E-state index is 0.318. The molecule has 106 valence electrons. The molecule has 1 N–H and O–H groups in total. The van der Waals surface area contributed by atoms with Crippen molar-refractivity contribution in [2.45, 2.75) is 26.3 Å². The summed E-state index contributed by atoms with van der Waals surface area (Å²) in [6.07, 6.45) is 1.74. The molecule has 4 nitrogen and oxygen atoms in total. The number of ether oxygens (including phenoxy) is 1. The number of alkyl carbamates (subject to hydrolysis) is 1. The lowest BCUT2D eigenvalue weighted by Gasteiger charge is -2.16. The van der Waals surface area contributed by atoms with Crippen molar-refractivity contribution in [2.24, 2.45) is 0 Å². The molecule has 0 aromatic heterocycles. The van der Waals surface area contributed by atoms with Crippen molar-refractivity contribution in [1.82, 2.24) is 10.2 Å². The predicted octanol–water partition coefficient (Wildman–Crippen LogP) is 2.64. The van der Waals surface area contributed by atoms with Gasteiger partial charge in [-0.1, -0.05) is 43.7 Å². The highest BCUT2D eigenvalue weighted by Gasteiger charge is 2.03. The van der Waals surface area contributed by atoms with Gasteiger partial charge < -0.3 is 10.1 Å². The summed E-state index contributed by atoms with van der Waals surface area (Å²) < 4.78 is 5.11. The molecule has 0 aliphatic heterocycles. The summed E-state index contributed by atoms with van der Waals surface area (Å²) in [4.78, 5) is 13.4. The Kier molecular flexibility index (Phi) is 7.66. The van der Waals surface area contributed by atoms with Crippen LogP contribution in [0.25, 0.3) is 0 Å². The average Bonchev–Trinajstić information content (AvgIpc) is 2.40. The van der Waals surface area contributed by atoms with Crippen molar-refractivity contribution in [1.29, 1.82) is 0 Å². The summed E-state index contributed by atoms with van der Waals surface area (Å²) in [6, 6.07) is 10.2. The van der Waals surface area contributed by atoms with Crippen molar-refractivity contribution >= 4 is 6.09 Å². The summed E-state index contributed by atoms with van der Waals surface area (Å²) in [6.45, 7) is 4.79. The molecule has 0 radical (unpaired) electrons. The minimum atomic E-state index is -0.318. The standard InChI is InChI=1S/C15H24N2O2/c1-3-4-10-16-15(18)19-12-11-17(2)13-14-8-6-5-7-9-14/h5-9H,3-4,10-13H2,1-2H3,(H,16,18). The fourth-order valence-corrected chi connectivity index (χ4v) is 1.69. The van der Waals surface area contributed by atoms with E-state index in [-0.39, 0.29) is 6.09 Å². The molecule has 1 aromatic carbocycles. The molecule has 1 rings (SSSR count). The summed E-state index contributed by atoms with van der Waals surface area (Å²) in [7, 11) is 2.02. The average molecular weight is 264 g/mol. The Bertz CT molecular complexity index is 354. The number of hydrogen-bond donors (Lipinski definition) is 1. The maximum absolute atomic E-state index is 11.3. The van der Waals surface area contributed by atoms with E-state index in [1.54, 1.807) is 0 Å². The first-order valence-electron chi connectivity index (χ1n) is 6.85. The van der Waals surface area contributed by atoms with Crippen LogP contribution in [-0.2, 0) is 11.3 Å². The summed E-state index contributed by atoms with van der Waals surface area (Å²) in [5.74, 6) is 0. The SMILES string of the molecule is CCCCNC(=O)OCCN(C)Cc1ccccc1. The van der Waals surface area contributed by atoms with Crippen LogP contribution >= 0.6 is 0 Å². The monoisotopic (exact) mass is 264 g/mol. The van der Waals surface area contributed by atoms with E-state index in [1.807, 2.05) is 25.2 Å². The number of nitrogens with zero attached hydrogens (tertiary/aromatic N) is 1. The van der Waals surface area contributed by atoms with Gasteiger partial charge in [0.05, 0.1) is 0 Å². The van der Waals surface area contributed by atoms with Crippen molar-refractivity contribution in [2.75, 3.05) is 26.7 Å². The Labute approximate surface area is 115 Å². The maximum Gasteiger partial charge on any atom is 0.407 e. The second-order valence-corrected chi connectivity index (χ2v) is 4.64. The molecule has 0 atom stereocenters. The van der Waals surface area contributed by atoms with Gasteiger partial charge in [0.1, 0.15) is 6.61 Å². The summed E-state index contributed by atoms with van der Waals surface area (Å²) >= 11 is 0. The number of carbonyl (C=O) groups excluding carboxylic acids is 1. The molecule has 0 fully saturated rings. The van der Waals surface area contributed by atoms with Crippen LogP contribution in [0.3, 0.4) is 0 Å². The smallest absolute Gasteiger partial charge is 0.407 e. The van der Waals surface area contributed by atoms with Gasteiger partial charge in [-0.15, -0.1) is 0 Å². The summed E-state index contributed by atoms with van der Waals surface area (Å²) in [5.41, 5.74) is 1.26. The van der Waals surface area contributed by atoms with Crippen LogP contribution in [0.2, 0.25) is 0 Å². The van der Waals surface area contributed by atoms with E-state index in [1.165, 1.54) is 5.56 Å². The van der Waals surface area contributed by atoms with Crippen LogP contribution in [0.5, 0.6) is 0 Å². The Balaban J connectivity index is 2.10. The van der Waals surface area contributed by atoms with Gasteiger partial charge in [0, 0.05) is 19.6 Å². The zero-order chi connectivity index (χ0) is 13.9. The van der Waals surface area contributed by atoms with Crippen LogP contribution in [0, 0.1) is 0 Å². The molecule has 1 aromatic rings. The molecule has 0 spiro atoms. The fourth-order valence-electron chi connectivity index (χ4n) is 1.69. The Morgan fingerprint density at radius 3 is 2.74 bits per heavy atom. The van der Waals surface area contributed by atoms with E-state index in [0.29, 0.717) is 13.2 Å². The van der Waals surface area contributed by atoms with Crippen LogP contribution in [0.4, 0.5) is 4.79 Å². The zero-order valence-corrected chi connectivity index (χ0v) is 11.9. The van der Waals surface area contributed by atoms with Gasteiger partial charge in [0.15, 0.2) is 0 Å². The largest absolute Gasteiger partial charge is 0.448 e. The maximum atomic E-state index is 11.3. The fraction of sp³-hybridized carbons (Fsp3) is 0.533. The van der Waals surface area contributed by atoms with E-state index < -0.39 is 0 Å². The van der Waals surface area contributed by atoms with Gasteiger partial charge in [0.25, 0.3) is 0 Å². The van der Waals surface area contributed by atoms with Crippen LogP contribution in [0.1, 0.15) is 25.3 Å². The van der Waals surface area contributed by atoms with Crippen molar-refractivity contribution in [3.05, 3.63) is 35.9 Å². The lowest BCUT2D eigenvalue weighted by Crippen LogP contribution is -2.29. The molecule has 0 bridgehead atoms. The molecule has 0 saturated heterocycles. The number of rotatable bonds is 8. The van der Waals surface area contributed by atoms with E-state index in [2.05, 4.69) is 29.3 Å². The first kappa shape index (κ1) is 15.5. The number of benzene rings is 1. The highest BCUT2D eigenvalue weighted by molar-refractivity contribution is 5.66. The number of carbonyl (C=O) groups is 1. The lowest BCUT2D eigenvalue weighted by molar-refractivity contribution is 0.131. The summed E-state index contributed by atoms with van der Waals surface area (Å²) in [5, 5.41) is 2.73. The van der Waals surface area contributed by atoms with Crippen molar-refractivity contribution < 1.29 is 9.53 Å². The molecule has 0 unspecified atom stereocenters. The number of likely N-dealkylation sites (N-methyl/N-ethyl adjacent to an activating group) is 1. The number of amides is 1. The number of unbranched alkanes of at least 4 members (excludes halogenated alkanes) is 1. The van der Waals surface area contributed by atoms with Crippen LogP contribution < -0.4 is 5.32 Å². The molecular weight excluding hydrogens is 240 g/mol. The second-order valence-electron chi connectivity index (χ2n) is 4.64. The molecule has 0 aliphatic carbocycles. The Hall–Kier alpha value is -1.55. The van der Waals surface area contributed by atoms with Crippen LogP contribution in [-0.4, -0.2) is 37.7 Å². The van der Waals surface area contributed by atoms with Crippen LogP contribution in [0.15, 0.2) is 30.3 Å². The zero-order valence-electron chi connectivity index (χ0n) is 11.9. The molecule has 0 heterocycles. The second kappa shape index (κ2) is 9.39. The van der Waals surface area contributed by atoms with Crippen molar-refractivity contribution in [3.8, 4) is 0 Å². The predicted molar refractivity (Wildman–Crippen MR) is 77.0 cm³/mol. The third-order valence-electron chi connectivity index (χ3n) is 2.80. The highest BCUT2D eigenvalue weighted by atomic mass is 16.5. The van der Waals surface area contributed by atoms with Gasteiger partial charge >= 0.3 is 6.09 Å². The number of hydrogen-bond acceptors (Lipinski definition) is 3. The van der Waals surface area contributed by atoms with Crippen molar-refractivity contribution in [3.63, 3.8) is 0 Å². The molecule has 4 heteroatoms. The first-order valence-corrected chi connectivity index (χ1v) is 6.85. The van der Waals surface area contributed by atoms with Gasteiger partial charge in [-0.2, -0.15) is 0 Å². The van der Waals surface area contributed by atoms with Gasteiger partial charge in [-0.25, -0.2) is 4.79 Å². The molecule has 19 heavy (non-hydrogen) atoms. The minimum Gasteiger partial charge on any atom is -0.448 e. The molecule has 1 amide bonds. The Morgan fingerprint density at radius 1 is 1.32 bits per heavy atom. The van der Waals surface area contributed by atoms with E-state index in [4.69, 9.17) is 4.74 Å². The van der Waals surface area contributed by atoms with E-state index in [0.717, 1.165) is 25.9 Å². The number of nitrogens with one attached hydrogen (secondary N) is 1. The van der Waals surface area contributed by atoms with Gasteiger partial charge in [-0.05, 0) is 19.0 Å². The van der Waals surface area contributed by atoms with Gasteiger partial charge in [-0.3, -0.25) is 4.90 Å². The Morgan fingerprint density at radius 2 is 2.05 bits per heavy atom. The third-order valence-corrected chi connectivity index (χ3v) is 2.80. The van der Waals surface area contributed by atoms with Gasteiger partial charge in [0.2, 0.25) is 0 Å². The molecule has 0 aliphatic rings. The van der Waals surface area contributed by atoms with E-state index in [9.17, 15) is 4.79 Å². The normalized spacial score (nSPS) is 10.5. The molecule has 0 saturated carbocycles. The third kappa shape index (κ3) is 7.47. The van der Waals surface area contributed by atoms with E-state index >= 15 is 0 Å². The highest BCUT2D eigenvalue weighted by Crippen LogP contribution is 2.01. The quantitative estimate of drug-likeness (QED) is 0.734. The topological polar surface area (TPSA) is 41.6 Å². The molecular formula is C15H24N2O2. The first-order chi connectivity index (χ1) is 9.22.